The molecule has 2 heteroatoms. The average molecular weight is 269 g/mol. The molecule has 1 saturated heterocycles. The molecule has 1 saturated carbocycles. The van der Waals surface area contributed by atoms with E-state index in [9.17, 15) is 0 Å². The summed E-state index contributed by atoms with van der Waals surface area (Å²) in [5.41, 5.74) is 0.511. The van der Waals surface area contributed by atoms with E-state index in [1.165, 1.54) is 56.6 Å². The maximum Gasteiger partial charge on any atom is 0.00672 e. The minimum absolute atomic E-state index is 0.511. The van der Waals surface area contributed by atoms with Crippen molar-refractivity contribution in [1.29, 1.82) is 0 Å². The van der Waals surface area contributed by atoms with Crippen LogP contribution in [-0.4, -0.2) is 24.1 Å². The van der Waals surface area contributed by atoms with Crippen molar-refractivity contribution >= 4 is 11.8 Å². The van der Waals surface area contributed by atoms with Crippen molar-refractivity contribution in [2.75, 3.05) is 18.1 Å². The fraction of sp³-hybridized carbons (Fsp3) is 1.00. The molecular formula is C16H31NS. The monoisotopic (exact) mass is 269 g/mol. The lowest BCUT2D eigenvalue weighted by Crippen LogP contribution is -2.33. The highest BCUT2D eigenvalue weighted by atomic mass is 32.2. The van der Waals surface area contributed by atoms with E-state index >= 15 is 0 Å². The Hall–Kier alpha value is 0.310. The van der Waals surface area contributed by atoms with Crippen LogP contribution < -0.4 is 5.32 Å². The van der Waals surface area contributed by atoms with Gasteiger partial charge in [0.25, 0.3) is 0 Å². The number of thioether (sulfide) groups is 1. The highest BCUT2D eigenvalue weighted by Gasteiger charge is 2.28. The summed E-state index contributed by atoms with van der Waals surface area (Å²) in [4.78, 5) is 0. The lowest BCUT2D eigenvalue weighted by molar-refractivity contribution is 0.213. The van der Waals surface area contributed by atoms with Crippen molar-refractivity contribution in [3.05, 3.63) is 0 Å². The van der Waals surface area contributed by atoms with E-state index < -0.39 is 0 Å². The lowest BCUT2D eigenvalue weighted by atomic mass is 9.76. The zero-order valence-electron chi connectivity index (χ0n) is 12.5. The van der Waals surface area contributed by atoms with Crippen LogP contribution in [0.1, 0.15) is 59.3 Å². The molecule has 1 aliphatic heterocycles. The molecule has 0 aromatic heterocycles. The minimum atomic E-state index is 0.511. The van der Waals surface area contributed by atoms with E-state index in [1.54, 1.807) is 0 Å². The van der Waals surface area contributed by atoms with Gasteiger partial charge in [0.15, 0.2) is 0 Å². The van der Waals surface area contributed by atoms with E-state index in [-0.39, 0.29) is 0 Å². The quantitative estimate of drug-likeness (QED) is 0.766. The van der Waals surface area contributed by atoms with Crippen LogP contribution in [0.5, 0.6) is 0 Å². The SMILES string of the molecule is CC(C)(C)C1CCCC(NCC2CCSC2)CC1. The minimum Gasteiger partial charge on any atom is -0.314 e. The van der Waals surface area contributed by atoms with E-state index in [2.05, 4.69) is 37.8 Å². The van der Waals surface area contributed by atoms with Gasteiger partial charge >= 0.3 is 0 Å². The standard InChI is InChI=1S/C16H31NS/c1-16(2,3)14-5-4-6-15(8-7-14)17-11-13-9-10-18-12-13/h13-15,17H,4-12H2,1-3H3. The molecule has 106 valence electrons. The number of hydrogen-bond acceptors (Lipinski definition) is 2. The van der Waals surface area contributed by atoms with Gasteiger partial charge in [0.1, 0.15) is 0 Å². The third-order valence-electron chi connectivity index (χ3n) is 4.91. The van der Waals surface area contributed by atoms with Crippen LogP contribution in [-0.2, 0) is 0 Å². The van der Waals surface area contributed by atoms with Crippen LogP contribution in [0.2, 0.25) is 0 Å². The van der Waals surface area contributed by atoms with Gasteiger partial charge < -0.3 is 5.32 Å². The second-order valence-corrected chi connectivity index (χ2v) is 8.56. The molecular weight excluding hydrogens is 238 g/mol. The Kier molecular flexibility index (Phi) is 5.44. The van der Waals surface area contributed by atoms with Gasteiger partial charge in [0.2, 0.25) is 0 Å². The average Bonchev–Trinajstić information content (AvgIpc) is 2.69. The van der Waals surface area contributed by atoms with Gasteiger partial charge in [-0.1, -0.05) is 27.2 Å². The molecule has 2 fully saturated rings. The zero-order valence-corrected chi connectivity index (χ0v) is 13.3. The van der Waals surface area contributed by atoms with Crippen molar-refractivity contribution < 1.29 is 0 Å². The van der Waals surface area contributed by atoms with Crippen molar-refractivity contribution in [2.45, 2.75) is 65.3 Å². The molecule has 1 aliphatic carbocycles. The third kappa shape index (κ3) is 4.45. The Morgan fingerprint density at radius 2 is 1.89 bits per heavy atom. The van der Waals surface area contributed by atoms with E-state index in [4.69, 9.17) is 0 Å². The van der Waals surface area contributed by atoms with Gasteiger partial charge in [0.05, 0.1) is 0 Å². The van der Waals surface area contributed by atoms with Gasteiger partial charge in [-0.2, -0.15) is 11.8 Å². The summed E-state index contributed by atoms with van der Waals surface area (Å²) in [5, 5.41) is 3.86. The highest BCUT2D eigenvalue weighted by Crippen LogP contribution is 2.36. The van der Waals surface area contributed by atoms with Crippen LogP contribution in [0.4, 0.5) is 0 Å². The summed E-state index contributed by atoms with van der Waals surface area (Å²) in [6, 6.07) is 0.808. The molecule has 0 amide bonds. The van der Waals surface area contributed by atoms with Crippen molar-refractivity contribution in [3.63, 3.8) is 0 Å². The Balaban J connectivity index is 1.71. The molecule has 2 aliphatic rings. The maximum absolute atomic E-state index is 3.86. The first-order chi connectivity index (χ1) is 8.55. The van der Waals surface area contributed by atoms with Crippen molar-refractivity contribution in [1.82, 2.24) is 5.32 Å². The summed E-state index contributed by atoms with van der Waals surface area (Å²) in [6.07, 6.45) is 8.56. The number of rotatable bonds is 3. The van der Waals surface area contributed by atoms with Crippen LogP contribution in [0.3, 0.4) is 0 Å². The third-order valence-corrected chi connectivity index (χ3v) is 6.14. The second kappa shape index (κ2) is 6.65. The molecule has 2 rings (SSSR count). The normalized spacial score (nSPS) is 34.5. The molecule has 0 spiro atoms. The molecule has 0 aromatic carbocycles. The number of hydrogen-bond donors (Lipinski definition) is 1. The molecule has 1 N–H and O–H groups in total. The Morgan fingerprint density at radius 3 is 2.56 bits per heavy atom. The van der Waals surface area contributed by atoms with Gasteiger partial charge in [-0.15, -0.1) is 0 Å². The van der Waals surface area contributed by atoms with Crippen LogP contribution in [0, 0.1) is 17.3 Å². The Morgan fingerprint density at radius 1 is 1.06 bits per heavy atom. The summed E-state index contributed by atoms with van der Waals surface area (Å²) >= 11 is 2.14. The fourth-order valence-electron chi connectivity index (χ4n) is 3.45. The van der Waals surface area contributed by atoms with E-state index in [1.807, 2.05) is 0 Å². The predicted molar refractivity (Wildman–Crippen MR) is 83.3 cm³/mol. The summed E-state index contributed by atoms with van der Waals surface area (Å²) in [7, 11) is 0. The topological polar surface area (TPSA) is 12.0 Å². The summed E-state index contributed by atoms with van der Waals surface area (Å²) in [5.74, 6) is 4.68. The first-order valence-electron chi connectivity index (χ1n) is 7.87. The van der Waals surface area contributed by atoms with Crippen LogP contribution in [0.15, 0.2) is 0 Å². The van der Waals surface area contributed by atoms with Crippen LogP contribution in [0.25, 0.3) is 0 Å². The van der Waals surface area contributed by atoms with Gasteiger partial charge in [0, 0.05) is 6.04 Å². The molecule has 0 bridgehead atoms. The lowest BCUT2D eigenvalue weighted by Gasteiger charge is -2.29. The Labute approximate surface area is 118 Å². The summed E-state index contributed by atoms with van der Waals surface area (Å²) in [6.45, 7) is 8.53. The summed E-state index contributed by atoms with van der Waals surface area (Å²) < 4.78 is 0. The molecule has 3 atom stereocenters. The number of nitrogens with one attached hydrogen (secondary N) is 1. The first kappa shape index (κ1) is 14.7. The zero-order chi connectivity index (χ0) is 13.0. The largest absolute Gasteiger partial charge is 0.314 e. The maximum atomic E-state index is 3.86. The predicted octanol–water partition coefficient (Wildman–Crippen LogP) is 4.32. The molecule has 1 heterocycles. The molecule has 0 aromatic rings. The molecule has 0 radical (unpaired) electrons. The van der Waals surface area contributed by atoms with Crippen molar-refractivity contribution in [2.24, 2.45) is 17.3 Å². The smallest absolute Gasteiger partial charge is 0.00672 e. The first-order valence-corrected chi connectivity index (χ1v) is 9.02. The van der Waals surface area contributed by atoms with Crippen molar-refractivity contribution in [3.8, 4) is 0 Å². The molecule has 18 heavy (non-hydrogen) atoms. The van der Waals surface area contributed by atoms with E-state index in [0.717, 1.165) is 17.9 Å². The fourth-order valence-corrected chi connectivity index (χ4v) is 4.73. The van der Waals surface area contributed by atoms with Gasteiger partial charge in [-0.05, 0) is 67.4 Å². The van der Waals surface area contributed by atoms with Gasteiger partial charge in [-0.25, -0.2) is 0 Å². The van der Waals surface area contributed by atoms with Gasteiger partial charge in [-0.3, -0.25) is 0 Å². The van der Waals surface area contributed by atoms with E-state index in [0.29, 0.717) is 5.41 Å². The molecule has 3 unspecified atom stereocenters. The highest BCUT2D eigenvalue weighted by molar-refractivity contribution is 7.99. The second-order valence-electron chi connectivity index (χ2n) is 7.41. The Bertz CT molecular complexity index is 240. The van der Waals surface area contributed by atoms with Crippen LogP contribution >= 0.6 is 11.8 Å². The molecule has 1 nitrogen and oxygen atoms in total.